The highest BCUT2D eigenvalue weighted by molar-refractivity contribution is 9.10. The highest BCUT2D eigenvalue weighted by Gasteiger charge is 2.50. The summed E-state index contributed by atoms with van der Waals surface area (Å²) >= 11 is 3.69. The molecule has 0 aliphatic heterocycles. The second kappa shape index (κ2) is 4.57. The minimum Gasteiger partial charge on any atom is -0.306 e. The van der Waals surface area contributed by atoms with E-state index in [-0.39, 0.29) is 0 Å². The van der Waals surface area contributed by atoms with Crippen molar-refractivity contribution < 1.29 is 0 Å². The Balaban J connectivity index is 1.52. The van der Waals surface area contributed by atoms with Crippen LogP contribution in [0.5, 0.6) is 0 Å². The molecule has 0 unspecified atom stereocenters. The third kappa shape index (κ3) is 2.07. The summed E-state index contributed by atoms with van der Waals surface area (Å²) in [5.74, 6) is 3.02. The first kappa shape index (κ1) is 13.3. The highest BCUT2D eigenvalue weighted by Crippen LogP contribution is 2.55. The van der Waals surface area contributed by atoms with Crippen molar-refractivity contribution in [1.29, 1.82) is 0 Å². The molecule has 0 atom stereocenters. The first-order chi connectivity index (χ1) is 9.55. The number of aryl methyl sites for hydroxylation is 2. The van der Waals surface area contributed by atoms with Gasteiger partial charge in [-0.25, -0.2) is 0 Å². The molecule has 1 aromatic heterocycles. The van der Waals surface area contributed by atoms with Gasteiger partial charge in [-0.15, -0.1) is 0 Å². The minimum absolute atomic E-state index is 0.437. The van der Waals surface area contributed by atoms with Gasteiger partial charge in [0.05, 0.1) is 15.9 Å². The van der Waals surface area contributed by atoms with Crippen LogP contribution in [0.25, 0.3) is 0 Å². The van der Waals surface area contributed by atoms with Crippen molar-refractivity contribution in [3.63, 3.8) is 0 Å². The second-order valence-corrected chi connectivity index (χ2v) is 8.31. The standard InChI is InChI=1S/C16H24BrN3/c1-10-15(17)14(20(2)19-10)9-18-16-6-11-3-12(7-16)5-13(4-11)8-16/h11-13,18H,3-9H2,1-2H3. The molecule has 1 heterocycles. The molecule has 4 saturated carbocycles. The largest absolute Gasteiger partial charge is 0.306 e. The van der Waals surface area contributed by atoms with Crippen LogP contribution in [0.15, 0.2) is 4.47 Å². The molecule has 1 N–H and O–H groups in total. The van der Waals surface area contributed by atoms with Crippen molar-refractivity contribution in [2.75, 3.05) is 0 Å². The Kier molecular flexibility index (Phi) is 3.05. The van der Waals surface area contributed by atoms with Crippen LogP contribution >= 0.6 is 15.9 Å². The average molecular weight is 338 g/mol. The summed E-state index contributed by atoms with van der Waals surface area (Å²) in [5.41, 5.74) is 2.82. The lowest BCUT2D eigenvalue weighted by Gasteiger charge is -2.57. The Morgan fingerprint density at radius 1 is 1.20 bits per heavy atom. The van der Waals surface area contributed by atoms with E-state index in [1.807, 2.05) is 4.68 Å². The SMILES string of the molecule is Cc1nn(C)c(CNC23CC4CC(CC(C4)C2)C3)c1Br. The number of halogens is 1. The van der Waals surface area contributed by atoms with Crippen LogP contribution in [0.4, 0.5) is 0 Å². The average Bonchev–Trinajstić information content (AvgIpc) is 2.59. The van der Waals surface area contributed by atoms with Gasteiger partial charge in [-0.05, 0) is 79.1 Å². The third-order valence-electron chi connectivity index (χ3n) is 5.93. The van der Waals surface area contributed by atoms with Gasteiger partial charge < -0.3 is 5.32 Å². The molecule has 3 nitrogen and oxygen atoms in total. The minimum atomic E-state index is 0.437. The third-order valence-corrected chi connectivity index (χ3v) is 6.96. The maximum Gasteiger partial charge on any atom is 0.0739 e. The van der Waals surface area contributed by atoms with Gasteiger partial charge in [0.1, 0.15) is 0 Å². The van der Waals surface area contributed by atoms with Gasteiger partial charge in [0.25, 0.3) is 0 Å². The van der Waals surface area contributed by atoms with E-state index >= 15 is 0 Å². The lowest BCUT2D eigenvalue weighted by Crippen LogP contribution is -2.58. The van der Waals surface area contributed by atoms with Gasteiger partial charge in [-0.2, -0.15) is 5.10 Å². The number of nitrogens with zero attached hydrogens (tertiary/aromatic N) is 2. The first-order valence-corrected chi connectivity index (χ1v) is 8.77. The normalized spacial score (nSPS) is 38.6. The number of hydrogen-bond acceptors (Lipinski definition) is 2. The zero-order valence-corrected chi connectivity index (χ0v) is 14.0. The molecule has 110 valence electrons. The van der Waals surface area contributed by atoms with Crippen LogP contribution in [-0.4, -0.2) is 15.3 Å². The molecule has 4 fully saturated rings. The quantitative estimate of drug-likeness (QED) is 0.913. The number of hydrogen-bond donors (Lipinski definition) is 1. The van der Waals surface area contributed by atoms with Crippen molar-refractivity contribution in [2.24, 2.45) is 24.8 Å². The maximum atomic E-state index is 4.51. The molecule has 4 aliphatic rings. The molecule has 5 rings (SSSR count). The predicted molar refractivity (Wildman–Crippen MR) is 83.4 cm³/mol. The Labute approximate surface area is 129 Å². The van der Waals surface area contributed by atoms with Crippen molar-refractivity contribution in [2.45, 2.75) is 57.5 Å². The molecular formula is C16H24BrN3. The van der Waals surface area contributed by atoms with Crippen LogP contribution in [0.3, 0.4) is 0 Å². The maximum absolute atomic E-state index is 4.51. The molecular weight excluding hydrogens is 314 g/mol. The monoisotopic (exact) mass is 337 g/mol. The predicted octanol–water partition coefficient (Wildman–Crippen LogP) is 3.55. The Morgan fingerprint density at radius 2 is 1.75 bits per heavy atom. The van der Waals surface area contributed by atoms with E-state index in [4.69, 9.17) is 0 Å². The molecule has 0 aromatic carbocycles. The lowest BCUT2D eigenvalue weighted by atomic mass is 9.53. The van der Waals surface area contributed by atoms with E-state index < -0.39 is 0 Å². The molecule has 4 bridgehead atoms. The summed E-state index contributed by atoms with van der Waals surface area (Å²) in [6.07, 6.45) is 8.76. The van der Waals surface area contributed by atoms with E-state index in [0.29, 0.717) is 5.54 Å². The Bertz CT molecular complexity index is 499. The summed E-state index contributed by atoms with van der Waals surface area (Å²) in [4.78, 5) is 0. The summed E-state index contributed by atoms with van der Waals surface area (Å²) < 4.78 is 3.20. The molecule has 20 heavy (non-hydrogen) atoms. The van der Waals surface area contributed by atoms with E-state index in [1.54, 1.807) is 0 Å². The lowest BCUT2D eigenvalue weighted by molar-refractivity contribution is -0.0208. The summed E-state index contributed by atoms with van der Waals surface area (Å²) in [7, 11) is 2.05. The highest BCUT2D eigenvalue weighted by atomic mass is 79.9. The Hall–Kier alpha value is -0.350. The van der Waals surface area contributed by atoms with Crippen LogP contribution in [0.2, 0.25) is 0 Å². The van der Waals surface area contributed by atoms with Gasteiger partial charge in [0.15, 0.2) is 0 Å². The molecule has 0 amide bonds. The molecule has 4 heteroatoms. The topological polar surface area (TPSA) is 29.9 Å². The molecule has 0 spiro atoms. The number of aromatic nitrogens is 2. The van der Waals surface area contributed by atoms with Crippen molar-refractivity contribution >= 4 is 15.9 Å². The van der Waals surface area contributed by atoms with Gasteiger partial charge in [-0.1, -0.05) is 0 Å². The van der Waals surface area contributed by atoms with Gasteiger partial charge in [0, 0.05) is 19.1 Å². The van der Waals surface area contributed by atoms with Crippen molar-refractivity contribution in [1.82, 2.24) is 15.1 Å². The van der Waals surface area contributed by atoms with Crippen LogP contribution < -0.4 is 5.32 Å². The van der Waals surface area contributed by atoms with Crippen molar-refractivity contribution in [3.8, 4) is 0 Å². The zero-order chi connectivity index (χ0) is 13.9. The summed E-state index contributed by atoms with van der Waals surface area (Å²) in [6, 6.07) is 0. The zero-order valence-electron chi connectivity index (χ0n) is 12.5. The fourth-order valence-corrected chi connectivity index (χ4v) is 5.95. The Morgan fingerprint density at radius 3 is 2.20 bits per heavy atom. The molecule has 0 saturated heterocycles. The molecule has 0 radical (unpaired) electrons. The van der Waals surface area contributed by atoms with Gasteiger partial charge >= 0.3 is 0 Å². The second-order valence-electron chi connectivity index (χ2n) is 7.52. The first-order valence-electron chi connectivity index (χ1n) is 7.98. The molecule has 4 aliphatic carbocycles. The fraction of sp³-hybridized carbons (Fsp3) is 0.812. The summed E-state index contributed by atoms with van der Waals surface area (Å²) in [6.45, 7) is 3.02. The number of nitrogens with one attached hydrogen (secondary N) is 1. The number of rotatable bonds is 3. The van der Waals surface area contributed by atoms with Gasteiger partial charge in [0.2, 0.25) is 0 Å². The van der Waals surface area contributed by atoms with Crippen LogP contribution in [-0.2, 0) is 13.6 Å². The van der Waals surface area contributed by atoms with E-state index in [9.17, 15) is 0 Å². The van der Waals surface area contributed by atoms with E-state index in [1.165, 1.54) is 48.7 Å². The van der Waals surface area contributed by atoms with E-state index in [0.717, 1.165) is 30.0 Å². The van der Waals surface area contributed by atoms with Crippen LogP contribution in [0.1, 0.15) is 49.9 Å². The molecule has 1 aromatic rings. The smallest absolute Gasteiger partial charge is 0.0739 e. The van der Waals surface area contributed by atoms with E-state index in [2.05, 4.69) is 40.3 Å². The van der Waals surface area contributed by atoms with Crippen molar-refractivity contribution in [3.05, 3.63) is 15.9 Å². The summed E-state index contributed by atoms with van der Waals surface area (Å²) in [5, 5.41) is 8.45. The van der Waals surface area contributed by atoms with Crippen LogP contribution in [0, 0.1) is 24.7 Å². The van der Waals surface area contributed by atoms with Gasteiger partial charge in [-0.3, -0.25) is 4.68 Å². The fourth-order valence-electron chi connectivity index (χ4n) is 5.47.